The van der Waals surface area contributed by atoms with Crippen molar-refractivity contribution in [2.75, 3.05) is 6.54 Å². The maximum atomic E-state index is 13.1. The number of rotatable bonds is 4. The summed E-state index contributed by atoms with van der Waals surface area (Å²) >= 11 is 3.03. The largest absolute Gasteiger partial charge is 0.352 e. The fourth-order valence-corrected chi connectivity index (χ4v) is 2.13. The fraction of sp³-hybridized carbons (Fsp3) is 0.133. The highest BCUT2D eigenvalue weighted by atomic mass is 79.9. The topological polar surface area (TPSA) is 29.1 Å². The number of hydrogen-bond acceptors (Lipinski definition) is 1. The van der Waals surface area contributed by atoms with Crippen LogP contribution in [0, 0.1) is 11.6 Å². The Balaban J connectivity index is 1.90. The summed E-state index contributed by atoms with van der Waals surface area (Å²) in [5, 5.41) is 2.71. The van der Waals surface area contributed by atoms with Gasteiger partial charge < -0.3 is 5.32 Å². The van der Waals surface area contributed by atoms with E-state index >= 15 is 0 Å². The van der Waals surface area contributed by atoms with E-state index < -0.39 is 5.82 Å². The van der Waals surface area contributed by atoms with Gasteiger partial charge in [0.05, 0.1) is 4.47 Å². The van der Waals surface area contributed by atoms with Crippen molar-refractivity contribution in [1.29, 1.82) is 0 Å². The molecule has 0 saturated carbocycles. The maximum Gasteiger partial charge on any atom is 0.251 e. The monoisotopic (exact) mass is 339 g/mol. The second-order valence-electron chi connectivity index (χ2n) is 4.26. The molecule has 0 unspecified atom stereocenters. The lowest BCUT2D eigenvalue weighted by atomic mass is 10.1. The normalized spacial score (nSPS) is 10.3. The first-order chi connectivity index (χ1) is 9.56. The van der Waals surface area contributed by atoms with Crippen LogP contribution in [-0.2, 0) is 6.42 Å². The standard InChI is InChI=1S/C15H12BrF2NO/c16-13-9-11(4-5-14(13)18)15(20)19-7-6-10-2-1-3-12(17)8-10/h1-5,8-9H,6-7H2,(H,19,20). The van der Waals surface area contributed by atoms with Crippen LogP contribution < -0.4 is 5.32 Å². The van der Waals surface area contributed by atoms with Crippen molar-refractivity contribution in [3.63, 3.8) is 0 Å². The van der Waals surface area contributed by atoms with Gasteiger partial charge in [-0.15, -0.1) is 0 Å². The summed E-state index contributed by atoms with van der Waals surface area (Å²) in [5.74, 6) is -1.00. The van der Waals surface area contributed by atoms with Crippen molar-refractivity contribution in [3.8, 4) is 0 Å². The molecule has 104 valence electrons. The van der Waals surface area contributed by atoms with E-state index in [0.29, 0.717) is 18.5 Å². The second kappa shape index (κ2) is 6.61. The molecule has 0 aliphatic heterocycles. The zero-order chi connectivity index (χ0) is 14.5. The van der Waals surface area contributed by atoms with Gasteiger partial charge in [-0.25, -0.2) is 8.78 Å². The van der Waals surface area contributed by atoms with Crippen molar-refractivity contribution in [2.45, 2.75) is 6.42 Å². The van der Waals surface area contributed by atoms with Crippen LogP contribution in [0.5, 0.6) is 0 Å². The molecule has 0 heterocycles. The molecule has 0 atom stereocenters. The molecule has 2 nitrogen and oxygen atoms in total. The number of benzene rings is 2. The molecule has 2 aromatic carbocycles. The molecule has 5 heteroatoms. The fourth-order valence-electron chi connectivity index (χ4n) is 1.75. The third kappa shape index (κ3) is 3.87. The molecular formula is C15H12BrF2NO. The SMILES string of the molecule is O=C(NCCc1cccc(F)c1)c1ccc(F)c(Br)c1. The van der Waals surface area contributed by atoms with Gasteiger partial charge in [0.25, 0.3) is 5.91 Å². The van der Waals surface area contributed by atoms with Gasteiger partial charge in [-0.05, 0) is 58.2 Å². The first-order valence-corrected chi connectivity index (χ1v) is 6.83. The predicted octanol–water partition coefficient (Wildman–Crippen LogP) is 3.70. The number of nitrogens with one attached hydrogen (secondary N) is 1. The van der Waals surface area contributed by atoms with E-state index in [2.05, 4.69) is 21.2 Å². The van der Waals surface area contributed by atoms with Gasteiger partial charge >= 0.3 is 0 Å². The first kappa shape index (κ1) is 14.7. The minimum atomic E-state index is -0.415. The van der Waals surface area contributed by atoms with Crippen LogP contribution in [0.25, 0.3) is 0 Å². The molecule has 0 spiro atoms. The van der Waals surface area contributed by atoms with Crippen molar-refractivity contribution in [3.05, 3.63) is 69.7 Å². The highest BCUT2D eigenvalue weighted by Gasteiger charge is 2.08. The van der Waals surface area contributed by atoms with Gasteiger partial charge in [0.15, 0.2) is 0 Å². The van der Waals surface area contributed by atoms with Crippen LogP contribution in [-0.4, -0.2) is 12.5 Å². The lowest BCUT2D eigenvalue weighted by Gasteiger charge is -2.06. The van der Waals surface area contributed by atoms with Crippen LogP contribution in [0.1, 0.15) is 15.9 Å². The highest BCUT2D eigenvalue weighted by molar-refractivity contribution is 9.10. The van der Waals surface area contributed by atoms with Crippen molar-refractivity contribution >= 4 is 21.8 Å². The zero-order valence-electron chi connectivity index (χ0n) is 10.5. The molecule has 0 aliphatic carbocycles. The summed E-state index contributed by atoms with van der Waals surface area (Å²) in [4.78, 5) is 11.8. The molecule has 0 aromatic heterocycles. The molecule has 2 aromatic rings. The molecule has 0 radical (unpaired) electrons. The summed E-state index contributed by atoms with van der Waals surface area (Å²) < 4.78 is 26.3. The van der Waals surface area contributed by atoms with Gasteiger partial charge in [-0.2, -0.15) is 0 Å². The summed E-state index contributed by atoms with van der Waals surface area (Å²) in [6.45, 7) is 0.386. The van der Waals surface area contributed by atoms with Crippen LogP contribution in [0.4, 0.5) is 8.78 Å². The number of amides is 1. The van der Waals surface area contributed by atoms with Gasteiger partial charge in [0, 0.05) is 12.1 Å². The van der Waals surface area contributed by atoms with E-state index in [-0.39, 0.29) is 16.2 Å². The number of halogens is 3. The lowest BCUT2D eigenvalue weighted by Crippen LogP contribution is -2.25. The Bertz CT molecular complexity index is 631. The Hall–Kier alpha value is -1.75. The van der Waals surface area contributed by atoms with Crippen molar-refractivity contribution < 1.29 is 13.6 Å². The summed E-state index contributed by atoms with van der Waals surface area (Å²) in [5.41, 5.74) is 1.18. The lowest BCUT2D eigenvalue weighted by molar-refractivity contribution is 0.0954. The molecule has 2 rings (SSSR count). The third-order valence-corrected chi connectivity index (χ3v) is 3.38. The number of carbonyl (C=O) groups excluding carboxylic acids is 1. The number of carbonyl (C=O) groups is 1. The predicted molar refractivity (Wildman–Crippen MR) is 76.5 cm³/mol. The molecular weight excluding hydrogens is 328 g/mol. The first-order valence-electron chi connectivity index (χ1n) is 6.04. The molecule has 1 amide bonds. The average molecular weight is 340 g/mol. The summed E-state index contributed by atoms with van der Waals surface area (Å²) in [6.07, 6.45) is 0.534. The van der Waals surface area contributed by atoms with Crippen LogP contribution >= 0.6 is 15.9 Å². The van der Waals surface area contributed by atoms with Crippen LogP contribution in [0.2, 0.25) is 0 Å². The molecule has 1 N–H and O–H groups in total. The summed E-state index contributed by atoms with van der Waals surface area (Å²) in [6, 6.07) is 10.3. The van der Waals surface area contributed by atoms with Crippen LogP contribution in [0.15, 0.2) is 46.9 Å². The van der Waals surface area contributed by atoms with E-state index in [1.54, 1.807) is 12.1 Å². The van der Waals surface area contributed by atoms with E-state index in [0.717, 1.165) is 5.56 Å². The third-order valence-electron chi connectivity index (χ3n) is 2.77. The van der Waals surface area contributed by atoms with Gasteiger partial charge in [0.2, 0.25) is 0 Å². The zero-order valence-corrected chi connectivity index (χ0v) is 12.1. The Morgan fingerprint density at radius 1 is 1.15 bits per heavy atom. The van der Waals surface area contributed by atoms with E-state index in [4.69, 9.17) is 0 Å². The minimum Gasteiger partial charge on any atom is -0.352 e. The van der Waals surface area contributed by atoms with Gasteiger partial charge in [-0.1, -0.05) is 12.1 Å². The molecule has 0 bridgehead atoms. The van der Waals surface area contributed by atoms with Crippen LogP contribution in [0.3, 0.4) is 0 Å². The molecule has 0 fully saturated rings. The number of hydrogen-bond donors (Lipinski definition) is 1. The quantitative estimate of drug-likeness (QED) is 0.904. The smallest absolute Gasteiger partial charge is 0.251 e. The molecule has 20 heavy (non-hydrogen) atoms. The maximum absolute atomic E-state index is 13.1. The summed E-state index contributed by atoms with van der Waals surface area (Å²) in [7, 11) is 0. The van der Waals surface area contributed by atoms with Gasteiger partial charge in [0.1, 0.15) is 11.6 Å². The highest BCUT2D eigenvalue weighted by Crippen LogP contribution is 2.16. The Morgan fingerprint density at radius 3 is 2.65 bits per heavy atom. The Labute approximate surface area is 123 Å². The minimum absolute atomic E-state index is 0.246. The van der Waals surface area contributed by atoms with E-state index in [1.165, 1.54) is 30.3 Å². The van der Waals surface area contributed by atoms with Crippen molar-refractivity contribution in [2.24, 2.45) is 0 Å². The Morgan fingerprint density at radius 2 is 1.95 bits per heavy atom. The van der Waals surface area contributed by atoms with E-state index in [9.17, 15) is 13.6 Å². The average Bonchev–Trinajstić information content (AvgIpc) is 2.42. The van der Waals surface area contributed by atoms with Gasteiger partial charge in [-0.3, -0.25) is 4.79 Å². The second-order valence-corrected chi connectivity index (χ2v) is 5.12. The van der Waals surface area contributed by atoms with E-state index in [1.807, 2.05) is 0 Å². The van der Waals surface area contributed by atoms with Crippen molar-refractivity contribution in [1.82, 2.24) is 5.32 Å². The Kier molecular flexibility index (Phi) is 4.84. The molecule has 0 aliphatic rings. The molecule has 0 saturated heterocycles.